The van der Waals surface area contributed by atoms with Crippen molar-refractivity contribution in [2.24, 2.45) is 5.84 Å². The standard InChI is InChI=1S/C14H20Cl2N2O/c15-13-6-3-10(9-14(13)16)8-11(18-17)4-5-12-2-1-7-19-12/h3,6,9,11-12,18H,1-2,4-5,7-8,17H2. The van der Waals surface area contributed by atoms with Crippen LogP contribution >= 0.6 is 23.2 Å². The van der Waals surface area contributed by atoms with Crippen molar-refractivity contribution in [3.8, 4) is 0 Å². The zero-order valence-corrected chi connectivity index (χ0v) is 12.4. The third-order valence-corrected chi connectivity index (χ3v) is 4.30. The first-order valence-electron chi connectivity index (χ1n) is 6.70. The molecule has 3 N–H and O–H groups in total. The highest BCUT2D eigenvalue weighted by Crippen LogP contribution is 2.24. The van der Waals surface area contributed by atoms with Crippen LogP contribution in [-0.2, 0) is 11.2 Å². The Bertz CT molecular complexity index is 408. The quantitative estimate of drug-likeness (QED) is 0.626. The molecule has 2 rings (SSSR count). The minimum Gasteiger partial charge on any atom is -0.378 e. The van der Waals surface area contributed by atoms with Gasteiger partial charge in [0.15, 0.2) is 0 Å². The third-order valence-electron chi connectivity index (χ3n) is 3.56. The molecular formula is C14H20Cl2N2O. The Morgan fingerprint density at radius 1 is 1.37 bits per heavy atom. The fraction of sp³-hybridized carbons (Fsp3) is 0.571. The van der Waals surface area contributed by atoms with Gasteiger partial charge in [0.25, 0.3) is 0 Å². The van der Waals surface area contributed by atoms with Gasteiger partial charge in [0.05, 0.1) is 16.1 Å². The molecular weight excluding hydrogens is 283 g/mol. The second kappa shape index (κ2) is 7.46. The van der Waals surface area contributed by atoms with Gasteiger partial charge in [-0.05, 0) is 49.8 Å². The molecule has 1 saturated heterocycles. The molecule has 19 heavy (non-hydrogen) atoms. The van der Waals surface area contributed by atoms with E-state index in [0.717, 1.165) is 31.4 Å². The van der Waals surface area contributed by atoms with E-state index < -0.39 is 0 Å². The minimum absolute atomic E-state index is 0.237. The highest BCUT2D eigenvalue weighted by Gasteiger charge is 2.17. The third kappa shape index (κ3) is 4.62. The van der Waals surface area contributed by atoms with Crippen LogP contribution in [0.4, 0.5) is 0 Å². The van der Waals surface area contributed by atoms with Crippen LogP contribution in [0.15, 0.2) is 18.2 Å². The van der Waals surface area contributed by atoms with Crippen molar-refractivity contribution in [3.05, 3.63) is 33.8 Å². The monoisotopic (exact) mass is 302 g/mol. The Balaban J connectivity index is 1.85. The van der Waals surface area contributed by atoms with Crippen molar-refractivity contribution < 1.29 is 4.74 Å². The van der Waals surface area contributed by atoms with Gasteiger partial charge in [-0.2, -0.15) is 0 Å². The summed E-state index contributed by atoms with van der Waals surface area (Å²) in [7, 11) is 0. The predicted octanol–water partition coefficient (Wildman–Crippen LogP) is 3.33. The molecule has 1 aliphatic heterocycles. The van der Waals surface area contributed by atoms with Crippen LogP contribution in [-0.4, -0.2) is 18.8 Å². The van der Waals surface area contributed by atoms with E-state index in [1.54, 1.807) is 0 Å². The van der Waals surface area contributed by atoms with E-state index in [1.165, 1.54) is 12.8 Å². The SMILES string of the molecule is NNC(CCC1CCCO1)Cc1ccc(Cl)c(Cl)c1. The minimum atomic E-state index is 0.237. The van der Waals surface area contributed by atoms with E-state index in [2.05, 4.69) is 5.43 Å². The van der Waals surface area contributed by atoms with Crippen molar-refractivity contribution >= 4 is 23.2 Å². The second-order valence-electron chi connectivity index (χ2n) is 5.03. The zero-order chi connectivity index (χ0) is 13.7. The number of hydrazine groups is 1. The van der Waals surface area contributed by atoms with Crippen LogP contribution in [0.3, 0.4) is 0 Å². The molecule has 0 saturated carbocycles. The molecule has 3 nitrogen and oxygen atoms in total. The zero-order valence-electron chi connectivity index (χ0n) is 10.9. The molecule has 0 aromatic heterocycles. The van der Waals surface area contributed by atoms with Crippen molar-refractivity contribution in [3.63, 3.8) is 0 Å². The molecule has 2 atom stereocenters. The van der Waals surface area contributed by atoms with Gasteiger partial charge >= 0.3 is 0 Å². The van der Waals surface area contributed by atoms with E-state index in [1.807, 2.05) is 18.2 Å². The second-order valence-corrected chi connectivity index (χ2v) is 5.84. The summed E-state index contributed by atoms with van der Waals surface area (Å²) in [5, 5.41) is 1.18. The highest BCUT2D eigenvalue weighted by molar-refractivity contribution is 6.42. The molecule has 0 bridgehead atoms. The van der Waals surface area contributed by atoms with Gasteiger partial charge in [-0.15, -0.1) is 0 Å². The van der Waals surface area contributed by atoms with E-state index >= 15 is 0 Å². The van der Waals surface area contributed by atoms with Crippen molar-refractivity contribution in [2.75, 3.05) is 6.61 Å². The van der Waals surface area contributed by atoms with Crippen LogP contribution in [0, 0.1) is 0 Å². The van der Waals surface area contributed by atoms with Crippen LogP contribution < -0.4 is 11.3 Å². The Hall–Kier alpha value is -0.320. The molecule has 106 valence electrons. The molecule has 1 heterocycles. The number of nitrogens with two attached hydrogens (primary N) is 1. The molecule has 1 aromatic carbocycles. The van der Waals surface area contributed by atoms with Gasteiger partial charge in [0.2, 0.25) is 0 Å². The number of ether oxygens (including phenoxy) is 1. The normalized spacial score (nSPS) is 20.7. The number of nitrogens with one attached hydrogen (secondary N) is 1. The lowest BCUT2D eigenvalue weighted by Crippen LogP contribution is -2.37. The predicted molar refractivity (Wildman–Crippen MR) is 79.5 cm³/mol. The average molecular weight is 303 g/mol. The fourth-order valence-electron chi connectivity index (χ4n) is 2.45. The molecule has 5 heteroatoms. The molecule has 0 radical (unpaired) electrons. The lowest BCUT2D eigenvalue weighted by Gasteiger charge is -2.18. The first-order valence-corrected chi connectivity index (χ1v) is 7.46. The van der Waals surface area contributed by atoms with Gasteiger partial charge in [0.1, 0.15) is 0 Å². The highest BCUT2D eigenvalue weighted by atomic mass is 35.5. The van der Waals surface area contributed by atoms with Gasteiger partial charge in [-0.3, -0.25) is 11.3 Å². The molecule has 2 unspecified atom stereocenters. The molecule has 0 spiro atoms. The van der Waals surface area contributed by atoms with E-state index in [4.69, 9.17) is 33.8 Å². The summed E-state index contributed by atoms with van der Waals surface area (Å²) in [5.41, 5.74) is 4.02. The van der Waals surface area contributed by atoms with Crippen molar-refractivity contribution in [1.29, 1.82) is 0 Å². The summed E-state index contributed by atoms with van der Waals surface area (Å²) in [6, 6.07) is 5.96. The Morgan fingerprint density at radius 3 is 2.84 bits per heavy atom. The lowest BCUT2D eigenvalue weighted by atomic mass is 10.00. The molecule has 1 fully saturated rings. The number of hydrogen-bond acceptors (Lipinski definition) is 3. The van der Waals surface area contributed by atoms with E-state index in [0.29, 0.717) is 16.1 Å². The maximum absolute atomic E-state index is 6.02. The number of benzene rings is 1. The Kier molecular flexibility index (Phi) is 5.92. The van der Waals surface area contributed by atoms with E-state index in [9.17, 15) is 0 Å². The Labute approximate surface area is 124 Å². The topological polar surface area (TPSA) is 47.3 Å². The number of hydrogen-bond donors (Lipinski definition) is 2. The van der Waals surface area contributed by atoms with Crippen LogP contribution in [0.2, 0.25) is 10.0 Å². The number of halogens is 2. The lowest BCUT2D eigenvalue weighted by molar-refractivity contribution is 0.0996. The van der Waals surface area contributed by atoms with Gasteiger partial charge < -0.3 is 4.74 Å². The summed E-state index contributed by atoms with van der Waals surface area (Å²) < 4.78 is 5.63. The first kappa shape index (κ1) is 15.1. The van der Waals surface area contributed by atoms with Gasteiger partial charge in [-0.1, -0.05) is 29.3 Å². The van der Waals surface area contributed by atoms with Crippen molar-refractivity contribution in [1.82, 2.24) is 5.43 Å². The fourth-order valence-corrected chi connectivity index (χ4v) is 2.78. The van der Waals surface area contributed by atoms with Crippen LogP contribution in [0.25, 0.3) is 0 Å². The van der Waals surface area contributed by atoms with Crippen LogP contribution in [0.5, 0.6) is 0 Å². The maximum Gasteiger partial charge on any atom is 0.0595 e. The maximum atomic E-state index is 6.02. The van der Waals surface area contributed by atoms with E-state index in [-0.39, 0.29) is 6.04 Å². The largest absolute Gasteiger partial charge is 0.378 e. The summed E-state index contributed by atoms with van der Waals surface area (Å²) in [6.07, 6.45) is 5.66. The first-order chi connectivity index (χ1) is 9.19. The average Bonchev–Trinajstić information content (AvgIpc) is 2.92. The van der Waals surface area contributed by atoms with Gasteiger partial charge in [-0.25, -0.2) is 0 Å². The van der Waals surface area contributed by atoms with Crippen molar-refractivity contribution in [2.45, 2.75) is 44.2 Å². The molecule has 1 aliphatic rings. The molecule has 0 aliphatic carbocycles. The smallest absolute Gasteiger partial charge is 0.0595 e. The summed E-state index contributed by atoms with van der Waals surface area (Å²) in [6.45, 7) is 0.901. The summed E-state index contributed by atoms with van der Waals surface area (Å²) in [4.78, 5) is 0. The van der Waals surface area contributed by atoms with Gasteiger partial charge in [0, 0.05) is 12.6 Å². The number of rotatable bonds is 6. The summed E-state index contributed by atoms with van der Waals surface area (Å²) in [5.74, 6) is 5.62. The molecule has 1 aromatic rings. The summed E-state index contributed by atoms with van der Waals surface area (Å²) >= 11 is 11.9. The van der Waals surface area contributed by atoms with Crippen LogP contribution in [0.1, 0.15) is 31.2 Å². The Morgan fingerprint density at radius 2 is 2.21 bits per heavy atom. The molecule has 0 amide bonds.